The van der Waals surface area contributed by atoms with E-state index in [9.17, 15) is 25.4 Å². The van der Waals surface area contributed by atoms with E-state index in [0.717, 1.165) is 17.7 Å². The van der Waals surface area contributed by atoms with Crippen molar-refractivity contribution >= 4 is 5.69 Å². The summed E-state index contributed by atoms with van der Waals surface area (Å²) in [6, 6.07) is 8.87. The average Bonchev–Trinajstić information content (AvgIpc) is 3.05. The molecule has 0 atom stereocenters. The predicted octanol–water partition coefficient (Wildman–Crippen LogP) is 2.55. The number of phenolic OH excluding ortho intramolecular Hbond substituents is 3. The van der Waals surface area contributed by atoms with Crippen LogP contribution in [0, 0.1) is 10.1 Å². The lowest BCUT2D eigenvalue weighted by molar-refractivity contribution is -0.385. The summed E-state index contributed by atoms with van der Waals surface area (Å²) in [4.78, 5) is 14.2. The molecule has 0 spiro atoms. The highest BCUT2D eigenvalue weighted by atomic mass is 16.6. The predicted molar refractivity (Wildman–Crippen MR) is 85.2 cm³/mol. The van der Waals surface area contributed by atoms with Crippen LogP contribution in [0.25, 0.3) is 11.5 Å². The molecule has 0 bridgehead atoms. The van der Waals surface area contributed by atoms with Gasteiger partial charge in [0, 0.05) is 12.5 Å². The van der Waals surface area contributed by atoms with Crippen LogP contribution in [0.4, 0.5) is 5.69 Å². The van der Waals surface area contributed by atoms with Crippen molar-refractivity contribution in [1.29, 1.82) is 0 Å². The highest BCUT2D eigenvalue weighted by Gasteiger charge is 2.21. The highest BCUT2D eigenvalue weighted by molar-refractivity contribution is 5.67. The van der Waals surface area contributed by atoms with Crippen LogP contribution in [0.1, 0.15) is 11.4 Å². The third-order valence-electron chi connectivity index (χ3n) is 3.56. The molecule has 0 saturated heterocycles. The third kappa shape index (κ3) is 3.50. The average molecular weight is 343 g/mol. The first-order chi connectivity index (χ1) is 11.9. The van der Waals surface area contributed by atoms with Crippen molar-refractivity contribution in [3.63, 3.8) is 0 Å². The van der Waals surface area contributed by atoms with Gasteiger partial charge < -0.3 is 19.8 Å². The van der Waals surface area contributed by atoms with Crippen LogP contribution in [0.5, 0.6) is 17.2 Å². The van der Waals surface area contributed by atoms with E-state index in [1.807, 2.05) is 0 Å². The second-order valence-electron chi connectivity index (χ2n) is 5.30. The quantitative estimate of drug-likeness (QED) is 0.364. The molecule has 3 N–H and O–H groups in total. The molecule has 0 radical (unpaired) electrons. The smallest absolute Gasteiger partial charge is 0.315 e. The molecular formula is C16H13N3O6. The number of nitrogens with zero attached hydrogens (tertiary/aromatic N) is 3. The number of rotatable bonds is 5. The molecule has 1 aromatic heterocycles. The molecule has 25 heavy (non-hydrogen) atoms. The maximum absolute atomic E-state index is 10.9. The third-order valence-corrected chi connectivity index (χ3v) is 3.56. The lowest BCUT2D eigenvalue weighted by Crippen LogP contribution is -1.93. The van der Waals surface area contributed by atoms with Crippen molar-refractivity contribution in [2.75, 3.05) is 0 Å². The summed E-state index contributed by atoms with van der Waals surface area (Å²) in [5, 5.41) is 43.1. The maximum atomic E-state index is 10.9. The highest BCUT2D eigenvalue weighted by Crippen LogP contribution is 2.38. The number of aromatic hydroxyl groups is 3. The molecule has 2 aromatic carbocycles. The summed E-state index contributed by atoms with van der Waals surface area (Å²) < 4.78 is 5.07. The Morgan fingerprint density at radius 3 is 2.48 bits per heavy atom. The normalized spacial score (nSPS) is 10.7. The van der Waals surface area contributed by atoms with Crippen LogP contribution in [-0.2, 0) is 12.8 Å². The fourth-order valence-electron chi connectivity index (χ4n) is 2.26. The molecule has 0 fully saturated rings. The van der Waals surface area contributed by atoms with Gasteiger partial charge in [0.1, 0.15) is 5.75 Å². The Kier molecular flexibility index (Phi) is 4.21. The molecule has 0 aliphatic rings. The minimum Gasteiger partial charge on any atom is -0.508 e. The number of nitro groups is 1. The van der Waals surface area contributed by atoms with E-state index in [1.165, 1.54) is 0 Å². The zero-order valence-electron chi connectivity index (χ0n) is 12.8. The van der Waals surface area contributed by atoms with Gasteiger partial charge in [-0.15, -0.1) is 0 Å². The van der Waals surface area contributed by atoms with Gasteiger partial charge in [0.05, 0.1) is 10.5 Å². The molecule has 0 saturated carbocycles. The number of benzene rings is 2. The van der Waals surface area contributed by atoms with Gasteiger partial charge >= 0.3 is 5.69 Å². The van der Waals surface area contributed by atoms with Gasteiger partial charge in [0.2, 0.25) is 5.75 Å². The van der Waals surface area contributed by atoms with E-state index in [0.29, 0.717) is 18.7 Å². The molecule has 0 aliphatic carbocycles. The largest absolute Gasteiger partial charge is 0.508 e. The monoisotopic (exact) mass is 343 g/mol. The Morgan fingerprint density at radius 1 is 1.08 bits per heavy atom. The van der Waals surface area contributed by atoms with E-state index in [1.54, 1.807) is 24.3 Å². The Morgan fingerprint density at radius 2 is 1.80 bits per heavy atom. The van der Waals surface area contributed by atoms with Gasteiger partial charge in [-0.3, -0.25) is 10.1 Å². The summed E-state index contributed by atoms with van der Waals surface area (Å²) >= 11 is 0. The number of hydrogen-bond donors (Lipinski definition) is 3. The minimum atomic E-state index is -0.819. The van der Waals surface area contributed by atoms with E-state index < -0.39 is 22.1 Å². The fourth-order valence-corrected chi connectivity index (χ4v) is 2.26. The van der Waals surface area contributed by atoms with Crippen LogP contribution in [-0.4, -0.2) is 30.4 Å². The van der Waals surface area contributed by atoms with Crippen molar-refractivity contribution in [3.8, 4) is 28.7 Å². The zero-order chi connectivity index (χ0) is 18.0. The lowest BCUT2D eigenvalue weighted by Gasteiger charge is -2.01. The molecular weight excluding hydrogens is 330 g/mol. The molecule has 3 rings (SSSR count). The molecule has 0 unspecified atom stereocenters. The van der Waals surface area contributed by atoms with Crippen LogP contribution in [0.15, 0.2) is 40.9 Å². The summed E-state index contributed by atoms with van der Waals surface area (Å²) in [6.45, 7) is 0. The number of nitro benzene ring substituents is 1. The van der Waals surface area contributed by atoms with Crippen molar-refractivity contribution in [1.82, 2.24) is 10.1 Å². The van der Waals surface area contributed by atoms with Gasteiger partial charge in [0.25, 0.3) is 5.89 Å². The van der Waals surface area contributed by atoms with Crippen molar-refractivity contribution in [2.45, 2.75) is 12.8 Å². The minimum absolute atomic E-state index is 0.000828. The number of aryl methyl sites for hydroxylation is 2. The second-order valence-corrected chi connectivity index (χ2v) is 5.30. The van der Waals surface area contributed by atoms with Crippen LogP contribution in [0.2, 0.25) is 0 Å². The van der Waals surface area contributed by atoms with Crippen LogP contribution < -0.4 is 0 Å². The van der Waals surface area contributed by atoms with E-state index >= 15 is 0 Å². The van der Waals surface area contributed by atoms with Crippen molar-refractivity contribution in [3.05, 3.63) is 57.9 Å². The van der Waals surface area contributed by atoms with E-state index in [-0.39, 0.29) is 17.2 Å². The molecule has 0 aliphatic heterocycles. The number of aromatic nitrogens is 2. The first-order valence-corrected chi connectivity index (χ1v) is 7.25. The summed E-state index contributed by atoms with van der Waals surface area (Å²) in [6.07, 6.45) is 1.07. The Hall–Kier alpha value is -3.62. The second kappa shape index (κ2) is 6.48. The summed E-state index contributed by atoms with van der Waals surface area (Å²) in [5.74, 6) is -0.898. The van der Waals surface area contributed by atoms with Gasteiger partial charge in [-0.25, -0.2) is 0 Å². The Labute approximate surface area is 140 Å². The fraction of sp³-hybridized carbons (Fsp3) is 0.125. The zero-order valence-corrected chi connectivity index (χ0v) is 12.8. The topological polar surface area (TPSA) is 143 Å². The van der Waals surface area contributed by atoms with Crippen LogP contribution in [0.3, 0.4) is 0 Å². The molecule has 3 aromatic rings. The van der Waals surface area contributed by atoms with Gasteiger partial charge in [0.15, 0.2) is 11.6 Å². The molecule has 0 amide bonds. The molecule has 9 nitrogen and oxygen atoms in total. The summed E-state index contributed by atoms with van der Waals surface area (Å²) in [7, 11) is 0. The maximum Gasteiger partial charge on any atom is 0.315 e. The summed E-state index contributed by atoms with van der Waals surface area (Å²) in [5.41, 5.74) is 0.450. The van der Waals surface area contributed by atoms with E-state index in [4.69, 9.17) is 4.52 Å². The lowest BCUT2D eigenvalue weighted by atomic mass is 10.1. The number of phenols is 3. The molecule has 128 valence electrons. The van der Waals surface area contributed by atoms with Crippen LogP contribution >= 0.6 is 0 Å². The van der Waals surface area contributed by atoms with Gasteiger partial charge in [-0.2, -0.15) is 4.98 Å². The standard InChI is InChI=1S/C16H13N3O6/c20-11-4-1-9(2-5-11)3-6-14-17-16(25-18-14)10-7-12(19(23)24)15(22)13(21)8-10/h1-2,4-5,7-8,20-22H,3,6H2. The molecule has 1 heterocycles. The SMILES string of the molecule is O=[N+]([O-])c1cc(-c2nc(CCc3ccc(O)cc3)no2)cc(O)c1O. The van der Waals surface area contributed by atoms with Crippen molar-refractivity contribution < 1.29 is 24.8 Å². The first-order valence-electron chi connectivity index (χ1n) is 7.25. The Bertz CT molecular complexity index is 920. The van der Waals surface area contributed by atoms with Gasteiger partial charge in [-0.1, -0.05) is 17.3 Å². The number of hydrogen-bond acceptors (Lipinski definition) is 8. The van der Waals surface area contributed by atoms with Gasteiger partial charge in [-0.05, 0) is 30.2 Å². The van der Waals surface area contributed by atoms with Crippen molar-refractivity contribution in [2.24, 2.45) is 0 Å². The van der Waals surface area contributed by atoms with E-state index in [2.05, 4.69) is 10.1 Å². The molecule has 9 heteroatoms. The first kappa shape index (κ1) is 16.2. The Balaban J connectivity index is 1.79.